The van der Waals surface area contributed by atoms with E-state index >= 15 is 0 Å². The van der Waals surface area contributed by atoms with Crippen LogP contribution in [0.2, 0.25) is 0 Å². The summed E-state index contributed by atoms with van der Waals surface area (Å²) in [7, 11) is 1.61. The van der Waals surface area contributed by atoms with Crippen LogP contribution in [0, 0.1) is 11.2 Å². The van der Waals surface area contributed by atoms with E-state index in [9.17, 15) is 9.18 Å². The molecule has 1 aliphatic heterocycles. The van der Waals surface area contributed by atoms with Crippen molar-refractivity contribution >= 4 is 46.2 Å². The predicted molar refractivity (Wildman–Crippen MR) is 148 cm³/mol. The number of rotatable bonds is 8. The van der Waals surface area contributed by atoms with Crippen LogP contribution in [0.1, 0.15) is 43.1 Å². The summed E-state index contributed by atoms with van der Waals surface area (Å²) in [5.74, 6) is -0.474. The number of esters is 1. The van der Waals surface area contributed by atoms with Gasteiger partial charge >= 0.3 is 5.97 Å². The van der Waals surface area contributed by atoms with E-state index in [0.717, 1.165) is 0 Å². The Hall–Kier alpha value is -3.96. The average Bonchev–Trinajstić information content (AvgIpc) is 2.89. The molecule has 1 atom stereocenters. The van der Waals surface area contributed by atoms with Crippen molar-refractivity contribution in [3.05, 3.63) is 64.1 Å². The fraction of sp³-hybridized carbons (Fsp3) is 0.308. The molecule has 2 heterocycles. The Morgan fingerprint density at radius 1 is 1.39 bits per heavy atom. The molecule has 0 fully saturated rings. The number of pyridine rings is 1. The number of nitrogens with one attached hydrogen (secondary N) is 3. The van der Waals surface area contributed by atoms with E-state index < -0.39 is 17.9 Å². The van der Waals surface area contributed by atoms with Gasteiger partial charge < -0.3 is 31.6 Å². The number of anilines is 1. The molecule has 1 unspecified atom stereocenters. The molecule has 10 nitrogen and oxygen atoms in total. The lowest BCUT2D eigenvalue weighted by atomic mass is 9.93. The zero-order valence-corrected chi connectivity index (χ0v) is 22.2. The smallest absolute Gasteiger partial charge is 0.321 e. The maximum absolute atomic E-state index is 14.4. The van der Waals surface area contributed by atoms with Crippen LogP contribution in [0.4, 0.5) is 10.2 Å². The largest absolute Gasteiger partial charge is 0.482 e. The third-order valence-corrected chi connectivity index (χ3v) is 5.97. The van der Waals surface area contributed by atoms with Crippen LogP contribution in [0.15, 0.2) is 46.6 Å². The number of carbonyl (C=O) groups excluding carboxylic acids is 1. The van der Waals surface area contributed by atoms with E-state index in [0.29, 0.717) is 51.5 Å². The van der Waals surface area contributed by atoms with Crippen LogP contribution >= 0.6 is 11.6 Å². The van der Waals surface area contributed by atoms with Gasteiger partial charge in [0.15, 0.2) is 18.3 Å². The summed E-state index contributed by atoms with van der Waals surface area (Å²) in [6.45, 7) is 3.75. The maximum atomic E-state index is 14.4. The van der Waals surface area contributed by atoms with E-state index in [2.05, 4.69) is 20.6 Å². The second-order valence-corrected chi connectivity index (χ2v) is 8.68. The van der Waals surface area contributed by atoms with Crippen LogP contribution in [0.3, 0.4) is 0 Å². The van der Waals surface area contributed by atoms with E-state index in [1.165, 1.54) is 12.1 Å². The van der Waals surface area contributed by atoms with Crippen LogP contribution in [-0.2, 0) is 9.53 Å². The van der Waals surface area contributed by atoms with Gasteiger partial charge in [-0.3, -0.25) is 15.2 Å². The van der Waals surface area contributed by atoms with E-state index in [1.54, 1.807) is 38.5 Å². The highest BCUT2D eigenvalue weighted by atomic mass is 35.5. The van der Waals surface area contributed by atoms with Gasteiger partial charge in [0, 0.05) is 66.1 Å². The molecule has 0 amide bonds. The summed E-state index contributed by atoms with van der Waals surface area (Å²) in [6.07, 6.45) is 2.68. The highest BCUT2D eigenvalue weighted by molar-refractivity contribution is 6.69. The lowest BCUT2D eigenvalue weighted by Gasteiger charge is -2.24. The van der Waals surface area contributed by atoms with Gasteiger partial charge in [-0.25, -0.2) is 9.37 Å². The minimum atomic E-state index is -0.667. The topological polar surface area (TPSA) is 161 Å². The van der Waals surface area contributed by atoms with Crippen LogP contribution in [0.25, 0.3) is 11.4 Å². The molecule has 202 valence electrons. The number of hydrogen-bond donors (Lipinski definition) is 5. The zero-order chi connectivity index (χ0) is 27.8. The molecule has 12 heteroatoms. The second kappa shape index (κ2) is 13.0. The first-order valence-electron chi connectivity index (χ1n) is 11.9. The number of benzene rings is 1. The van der Waals surface area contributed by atoms with Crippen molar-refractivity contribution in [1.29, 1.82) is 5.41 Å². The van der Waals surface area contributed by atoms with Gasteiger partial charge in [0.05, 0.1) is 6.54 Å². The molecular formula is C26H31ClFN7O3. The maximum Gasteiger partial charge on any atom is 0.321 e. The monoisotopic (exact) mass is 543 g/mol. The van der Waals surface area contributed by atoms with Gasteiger partial charge in [0.1, 0.15) is 17.1 Å². The van der Waals surface area contributed by atoms with Crippen LogP contribution < -0.4 is 26.8 Å². The fourth-order valence-electron chi connectivity index (χ4n) is 3.98. The normalized spacial score (nSPS) is 19.6. The molecule has 1 aromatic carbocycles. The molecule has 3 rings (SSSR count). The predicted octanol–water partition coefficient (Wildman–Crippen LogP) is 3.54. The van der Waals surface area contributed by atoms with Crippen LogP contribution in [0.5, 0.6) is 5.75 Å². The molecule has 7 N–H and O–H groups in total. The summed E-state index contributed by atoms with van der Waals surface area (Å²) in [5.41, 5.74) is 15.5. The summed E-state index contributed by atoms with van der Waals surface area (Å²) in [6, 6.07) is 5.97. The van der Waals surface area contributed by atoms with Crippen molar-refractivity contribution in [2.24, 2.45) is 16.5 Å². The van der Waals surface area contributed by atoms with Crippen molar-refractivity contribution in [2.75, 3.05) is 32.2 Å². The third-order valence-electron chi connectivity index (χ3n) is 5.74. The molecule has 2 bridgehead atoms. The van der Waals surface area contributed by atoms with Gasteiger partial charge in [0.2, 0.25) is 0 Å². The minimum Gasteiger partial charge on any atom is -0.482 e. The minimum absolute atomic E-state index is 0.171. The fourth-order valence-corrected chi connectivity index (χ4v) is 4.14. The number of aromatic nitrogens is 1. The Bertz CT molecular complexity index is 1310. The number of aliphatic imine (C=N–C) groups is 1. The lowest BCUT2D eigenvalue weighted by molar-refractivity contribution is -0.141. The molecule has 2 aromatic rings. The molecule has 38 heavy (non-hydrogen) atoms. The van der Waals surface area contributed by atoms with E-state index in [1.807, 2.05) is 6.92 Å². The van der Waals surface area contributed by atoms with Gasteiger partial charge in [-0.15, -0.1) is 0 Å². The van der Waals surface area contributed by atoms with E-state index in [-0.39, 0.29) is 30.7 Å². The molecule has 0 spiro atoms. The molecule has 0 saturated heterocycles. The standard InChI is InChI=1S/C26H31ClFN7O3/c1-4-33-24-16-8-21(26(34-12-16)35-13-37-22(36)10-29)38-14(2)19-9-17(28)5-6-18(19)23(30)15(11-32-3)7-20(24)25(27)31/h5-6,8-9,11-12,14,31,33H,4,7,10,13,29-30H2,1-3H3,(H,34,35)/b23-15-,24-20-,31-25?,32-11?. The number of nitrogens with zero attached hydrogens (tertiary/aromatic N) is 2. The van der Waals surface area contributed by atoms with Gasteiger partial charge in [-0.1, -0.05) is 11.6 Å². The highest BCUT2D eigenvalue weighted by Crippen LogP contribution is 2.36. The molecule has 0 aliphatic carbocycles. The number of nitrogens with two attached hydrogens (primary N) is 2. The zero-order valence-electron chi connectivity index (χ0n) is 21.4. The highest BCUT2D eigenvalue weighted by Gasteiger charge is 2.23. The molecule has 1 aliphatic rings. The Kier molecular flexibility index (Phi) is 9.80. The number of halogens is 2. The molecular weight excluding hydrogens is 513 g/mol. The number of fused-ring (bicyclic) bond motifs is 3. The number of allylic oxidation sites excluding steroid dienone is 2. The number of carbonyl (C=O) groups is 1. The van der Waals surface area contributed by atoms with Crippen molar-refractivity contribution in [1.82, 2.24) is 10.3 Å². The quantitative estimate of drug-likeness (QED) is 0.192. The first-order chi connectivity index (χ1) is 18.2. The number of hydrogen-bond acceptors (Lipinski definition) is 10. The summed E-state index contributed by atoms with van der Waals surface area (Å²) in [4.78, 5) is 20.1. The Balaban J connectivity index is 2.29. The Labute approximate surface area is 225 Å². The van der Waals surface area contributed by atoms with Crippen molar-refractivity contribution in [2.45, 2.75) is 26.4 Å². The second-order valence-electron chi connectivity index (χ2n) is 8.30. The number of ether oxygens (including phenoxy) is 2. The van der Waals surface area contributed by atoms with Crippen molar-refractivity contribution < 1.29 is 18.7 Å². The Morgan fingerprint density at radius 3 is 2.82 bits per heavy atom. The van der Waals surface area contributed by atoms with Crippen LogP contribution in [-0.4, -0.2) is 49.2 Å². The third kappa shape index (κ3) is 6.67. The van der Waals surface area contributed by atoms with Gasteiger partial charge in [-0.05, 0) is 43.7 Å². The lowest BCUT2D eigenvalue weighted by Crippen LogP contribution is -2.21. The van der Waals surface area contributed by atoms with E-state index in [4.69, 9.17) is 38.0 Å². The molecule has 0 radical (unpaired) electrons. The SMILES string of the molecule is CCN/C1=C(\C(=N)Cl)C/C(C=NC)=C(/N)c2ccc(F)cc2C(C)Oc2cc1cnc2NCOC(=O)CN. The van der Waals surface area contributed by atoms with Gasteiger partial charge in [0.25, 0.3) is 0 Å². The summed E-state index contributed by atoms with van der Waals surface area (Å²) < 4.78 is 25.7. The first kappa shape index (κ1) is 28.6. The van der Waals surface area contributed by atoms with Gasteiger partial charge in [-0.2, -0.15) is 0 Å². The average molecular weight is 544 g/mol. The summed E-state index contributed by atoms with van der Waals surface area (Å²) in [5, 5.41) is 14.3. The Morgan fingerprint density at radius 2 is 2.16 bits per heavy atom. The summed E-state index contributed by atoms with van der Waals surface area (Å²) >= 11 is 6.30. The first-order valence-corrected chi connectivity index (χ1v) is 12.3. The van der Waals surface area contributed by atoms with Crippen molar-refractivity contribution in [3.8, 4) is 5.75 Å². The molecule has 1 aromatic heterocycles. The van der Waals surface area contributed by atoms with Crippen molar-refractivity contribution in [3.63, 3.8) is 0 Å². The molecule has 0 saturated carbocycles.